The molecular formula is C22H25N3O5. The maximum Gasteiger partial charge on any atom is 0.339 e. The smallest absolute Gasteiger partial charge is 0.339 e. The molecule has 2 aromatic rings. The van der Waals surface area contributed by atoms with Crippen LogP contribution in [-0.2, 0) is 9.53 Å². The monoisotopic (exact) mass is 411 g/mol. The van der Waals surface area contributed by atoms with Crippen molar-refractivity contribution < 1.29 is 19.2 Å². The Hall–Kier alpha value is -3.42. The lowest BCUT2D eigenvalue weighted by molar-refractivity contribution is -0.384. The molecule has 8 heteroatoms. The van der Waals surface area contributed by atoms with Crippen molar-refractivity contribution in [3.8, 4) is 0 Å². The molecule has 1 amide bonds. The standard InChI is InChI=1S/C22H25N3O5/c1-23(2)21(26)20(16-9-5-3-6-10-16)30-22(27)17-11-12-18(19(15-17)25(28)29)24-13-7-4-8-14-24/h3,5-6,9-12,15,20H,4,7-8,13-14H2,1-2H3/t20-/m0/s1. The van der Waals surface area contributed by atoms with Gasteiger partial charge in [0.15, 0.2) is 0 Å². The van der Waals surface area contributed by atoms with E-state index in [9.17, 15) is 19.7 Å². The van der Waals surface area contributed by atoms with Crippen LogP contribution in [0.4, 0.5) is 11.4 Å². The molecule has 0 N–H and O–H groups in total. The minimum atomic E-state index is -1.13. The first-order valence-corrected chi connectivity index (χ1v) is 9.89. The Morgan fingerprint density at radius 3 is 2.33 bits per heavy atom. The number of anilines is 1. The van der Waals surface area contributed by atoms with Gasteiger partial charge in [-0.3, -0.25) is 14.9 Å². The number of rotatable bonds is 6. The van der Waals surface area contributed by atoms with Crippen molar-refractivity contribution in [2.24, 2.45) is 0 Å². The molecule has 30 heavy (non-hydrogen) atoms. The highest BCUT2D eigenvalue weighted by Crippen LogP contribution is 2.32. The molecule has 158 valence electrons. The van der Waals surface area contributed by atoms with Crippen molar-refractivity contribution in [2.75, 3.05) is 32.1 Å². The molecule has 0 bridgehead atoms. The van der Waals surface area contributed by atoms with E-state index in [0.29, 0.717) is 11.3 Å². The SMILES string of the molecule is CN(C)C(=O)[C@@H](OC(=O)c1ccc(N2CCCCC2)c([N+](=O)[O-])c1)c1ccccc1. The second kappa shape index (κ2) is 9.39. The third-order valence-corrected chi connectivity index (χ3v) is 5.10. The summed E-state index contributed by atoms with van der Waals surface area (Å²) in [6, 6.07) is 13.0. The van der Waals surface area contributed by atoms with Crippen molar-refractivity contribution in [2.45, 2.75) is 25.4 Å². The first-order chi connectivity index (χ1) is 14.4. The number of carbonyl (C=O) groups is 2. The van der Waals surface area contributed by atoms with Gasteiger partial charge in [-0.1, -0.05) is 30.3 Å². The number of benzene rings is 2. The van der Waals surface area contributed by atoms with Crippen molar-refractivity contribution >= 4 is 23.3 Å². The number of ether oxygens (including phenoxy) is 1. The number of likely N-dealkylation sites (N-methyl/N-ethyl adjacent to an activating group) is 1. The zero-order chi connectivity index (χ0) is 21.7. The Bertz CT molecular complexity index is 924. The van der Waals surface area contributed by atoms with Crippen LogP contribution in [0.25, 0.3) is 0 Å². The Morgan fingerprint density at radius 2 is 1.73 bits per heavy atom. The van der Waals surface area contributed by atoms with Gasteiger partial charge in [0.25, 0.3) is 11.6 Å². The third kappa shape index (κ3) is 4.76. The Morgan fingerprint density at radius 1 is 1.07 bits per heavy atom. The van der Waals surface area contributed by atoms with Crippen LogP contribution in [0.5, 0.6) is 0 Å². The van der Waals surface area contributed by atoms with Crippen LogP contribution in [0.1, 0.15) is 41.3 Å². The molecule has 2 aromatic carbocycles. The van der Waals surface area contributed by atoms with E-state index in [0.717, 1.165) is 32.4 Å². The first-order valence-electron chi connectivity index (χ1n) is 9.89. The van der Waals surface area contributed by atoms with Gasteiger partial charge in [-0.15, -0.1) is 0 Å². The molecule has 1 heterocycles. The predicted molar refractivity (Wildman–Crippen MR) is 112 cm³/mol. The fourth-order valence-corrected chi connectivity index (χ4v) is 3.50. The molecule has 1 saturated heterocycles. The lowest BCUT2D eigenvalue weighted by Gasteiger charge is -2.28. The van der Waals surface area contributed by atoms with E-state index in [1.165, 1.54) is 17.0 Å². The molecule has 1 aliphatic heterocycles. The second-order valence-corrected chi connectivity index (χ2v) is 7.44. The minimum absolute atomic E-state index is 0.0370. The fraction of sp³-hybridized carbons (Fsp3) is 0.364. The number of esters is 1. The van der Waals surface area contributed by atoms with E-state index < -0.39 is 22.9 Å². The first kappa shape index (κ1) is 21.3. The van der Waals surface area contributed by atoms with Gasteiger partial charge < -0.3 is 14.5 Å². The number of nitrogens with zero attached hydrogens (tertiary/aromatic N) is 3. The summed E-state index contributed by atoms with van der Waals surface area (Å²) in [4.78, 5) is 39.8. The van der Waals surface area contributed by atoms with Crippen LogP contribution in [-0.4, -0.2) is 48.9 Å². The van der Waals surface area contributed by atoms with Gasteiger partial charge in [0.2, 0.25) is 6.10 Å². The second-order valence-electron chi connectivity index (χ2n) is 7.44. The highest BCUT2D eigenvalue weighted by atomic mass is 16.6. The molecule has 1 atom stereocenters. The molecule has 0 saturated carbocycles. The number of amides is 1. The average molecular weight is 411 g/mol. The van der Waals surface area contributed by atoms with Gasteiger partial charge >= 0.3 is 5.97 Å². The number of piperidine rings is 1. The Kier molecular flexibility index (Phi) is 6.66. The molecule has 8 nitrogen and oxygen atoms in total. The molecule has 3 rings (SSSR count). The number of hydrogen-bond acceptors (Lipinski definition) is 6. The van der Waals surface area contributed by atoms with E-state index in [-0.39, 0.29) is 11.3 Å². The summed E-state index contributed by atoms with van der Waals surface area (Å²) in [6.45, 7) is 1.50. The van der Waals surface area contributed by atoms with Crippen molar-refractivity contribution in [3.63, 3.8) is 0 Å². The Balaban J connectivity index is 1.88. The maximum absolute atomic E-state index is 12.8. The van der Waals surface area contributed by atoms with E-state index in [1.54, 1.807) is 50.5 Å². The maximum atomic E-state index is 12.8. The quantitative estimate of drug-likeness (QED) is 0.410. The van der Waals surface area contributed by atoms with Crippen LogP contribution in [0.3, 0.4) is 0 Å². The number of carbonyl (C=O) groups excluding carboxylic acids is 2. The van der Waals surface area contributed by atoms with Gasteiger partial charge in [-0.2, -0.15) is 0 Å². The van der Waals surface area contributed by atoms with E-state index >= 15 is 0 Å². The number of nitro benzene ring substituents is 1. The van der Waals surface area contributed by atoms with Gasteiger partial charge in [0.05, 0.1) is 10.5 Å². The molecule has 0 radical (unpaired) electrons. The van der Waals surface area contributed by atoms with Crippen LogP contribution in [0.15, 0.2) is 48.5 Å². The summed E-state index contributed by atoms with van der Waals surface area (Å²) in [5, 5.41) is 11.6. The highest BCUT2D eigenvalue weighted by Gasteiger charge is 2.29. The lowest BCUT2D eigenvalue weighted by atomic mass is 10.1. The van der Waals surface area contributed by atoms with Crippen LogP contribution < -0.4 is 4.90 Å². The summed E-state index contributed by atoms with van der Waals surface area (Å²) >= 11 is 0. The molecule has 0 unspecified atom stereocenters. The van der Waals surface area contributed by atoms with Gasteiger partial charge in [0.1, 0.15) is 5.69 Å². The summed E-state index contributed by atoms with van der Waals surface area (Å²) < 4.78 is 5.50. The van der Waals surface area contributed by atoms with Gasteiger partial charge in [-0.05, 0) is 31.4 Å². The molecule has 0 aliphatic carbocycles. The topological polar surface area (TPSA) is 93.0 Å². The summed E-state index contributed by atoms with van der Waals surface area (Å²) in [7, 11) is 3.15. The van der Waals surface area contributed by atoms with Crippen molar-refractivity contribution in [1.82, 2.24) is 4.90 Å². The highest BCUT2D eigenvalue weighted by molar-refractivity contribution is 5.94. The van der Waals surface area contributed by atoms with Crippen LogP contribution in [0, 0.1) is 10.1 Å². The molecule has 1 fully saturated rings. The van der Waals surface area contributed by atoms with Crippen molar-refractivity contribution in [1.29, 1.82) is 0 Å². The average Bonchev–Trinajstić information content (AvgIpc) is 2.77. The fourth-order valence-electron chi connectivity index (χ4n) is 3.50. The van der Waals surface area contributed by atoms with Crippen LogP contribution in [0.2, 0.25) is 0 Å². The Labute approximate surface area is 175 Å². The zero-order valence-electron chi connectivity index (χ0n) is 17.1. The van der Waals surface area contributed by atoms with Gasteiger partial charge in [-0.25, -0.2) is 4.79 Å². The minimum Gasteiger partial charge on any atom is -0.444 e. The van der Waals surface area contributed by atoms with E-state index in [1.807, 2.05) is 4.90 Å². The molecule has 1 aliphatic rings. The summed E-state index contributed by atoms with van der Waals surface area (Å²) in [6.07, 6.45) is 1.93. The summed E-state index contributed by atoms with van der Waals surface area (Å²) in [5.41, 5.74) is 0.931. The molecular weight excluding hydrogens is 386 g/mol. The normalized spacial score (nSPS) is 14.7. The summed E-state index contributed by atoms with van der Waals surface area (Å²) in [5.74, 6) is -1.18. The predicted octanol–water partition coefficient (Wildman–Crippen LogP) is 3.57. The number of nitro groups is 1. The van der Waals surface area contributed by atoms with E-state index in [2.05, 4.69) is 0 Å². The third-order valence-electron chi connectivity index (χ3n) is 5.10. The zero-order valence-corrected chi connectivity index (χ0v) is 17.1. The molecule has 0 aromatic heterocycles. The van der Waals surface area contributed by atoms with Crippen molar-refractivity contribution in [3.05, 3.63) is 69.8 Å². The van der Waals surface area contributed by atoms with E-state index in [4.69, 9.17) is 4.74 Å². The van der Waals surface area contributed by atoms with Gasteiger partial charge in [0, 0.05) is 38.8 Å². The lowest BCUT2D eigenvalue weighted by Crippen LogP contribution is -2.31. The molecule has 0 spiro atoms. The largest absolute Gasteiger partial charge is 0.444 e. The number of hydrogen-bond donors (Lipinski definition) is 0. The van der Waals surface area contributed by atoms with Crippen LogP contribution >= 0.6 is 0 Å².